The Labute approximate surface area is 753 Å². The van der Waals surface area contributed by atoms with Crippen LogP contribution in [0.5, 0.6) is 5.75 Å². The lowest BCUT2D eigenvalue weighted by atomic mass is 9.87. The number of rotatable bonds is 33. The molecule has 3 aliphatic rings. The van der Waals surface area contributed by atoms with Crippen molar-refractivity contribution < 1.29 is 156 Å². The lowest BCUT2D eigenvalue weighted by Gasteiger charge is -2.42. The zero-order valence-corrected chi connectivity index (χ0v) is 75.2. The van der Waals surface area contributed by atoms with Crippen LogP contribution in [0, 0.1) is 5.92 Å². The zero-order valence-electron chi connectivity index (χ0n) is 74.4. The van der Waals surface area contributed by atoms with Crippen molar-refractivity contribution in [3.63, 3.8) is 0 Å². The molecular formula is C90H105N7O33S. The van der Waals surface area contributed by atoms with Gasteiger partial charge < -0.3 is 81.5 Å². The summed E-state index contributed by atoms with van der Waals surface area (Å²) in [7, 11) is -0.0532. The number of amides is 5. The quantitative estimate of drug-likeness (QED) is 0.00749. The van der Waals surface area contributed by atoms with E-state index in [-0.39, 0.29) is 58.6 Å². The van der Waals surface area contributed by atoms with E-state index in [9.17, 15) is 75.5 Å². The van der Waals surface area contributed by atoms with Gasteiger partial charge in [0.2, 0.25) is 24.8 Å². The van der Waals surface area contributed by atoms with Crippen molar-refractivity contribution in [1.29, 1.82) is 0 Å². The molecule has 10 rings (SSSR count). The van der Waals surface area contributed by atoms with Crippen LogP contribution >= 0.6 is 0 Å². The summed E-state index contributed by atoms with van der Waals surface area (Å²) in [6.07, 6.45) is -15.8. The molecule has 0 bridgehead atoms. The second-order valence-corrected chi connectivity index (χ2v) is 32.0. The molecule has 6 N–H and O–H groups in total. The summed E-state index contributed by atoms with van der Waals surface area (Å²) in [6, 6.07) is 43.5. The normalized spacial score (nSPS) is 21.7. The summed E-state index contributed by atoms with van der Waals surface area (Å²) in [5.41, 5.74) is 10.6. The topological polar surface area (TPSA) is 509 Å². The number of nitrogens with zero attached hydrogens (tertiary/aromatic N) is 1. The molecule has 0 saturated carbocycles. The van der Waals surface area contributed by atoms with E-state index in [1.54, 1.807) is 67.6 Å². The van der Waals surface area contributed by atoms with Crippen molar-refractivity contribution in [1.82, 2.24) is 26.7 Å². The largest absolute Gasteiger partial charge is 0.492 e. The molecule has 704 valence electrons. The molecule has 0 aliphatic carbocycles. The predicted octanol–water partition coefficient (Wildman–Crippen LogP) is 7.86. The maximum Gasteiger partial charge on any atom is 0.303 e. The third kappa shape index (κ3) is 31.1. The highest BCUT2D eigenvalue weighted by molar-refractivity contribution is 7.92. The predicted molar refractivity (Wildman–Crippen MR) is 459 cm³/mol. The monoisotopic (exact) mass is 1840 g/mol. The number of para-hydroxylation sites is 2. The Morgan fingerprint density at radius 1 is 0.443 bits per heavy atom. The first-order valence-corrected chi connectivity index (χ1v) is 42.4. The molecule has 4 heterocycles. The van der Waals surface area contributed by atoms with Gasteiger partial charge in [-0.05, 0) is 137 Å². The van der Waals surface area contributed by atoms with E-state index in [1.165, 1.54) is 76.2 Å². The molecule has 1 aromatic heterocycles. The van der Waals surface area contributed by atoms with Crippen LogP contribution in [0.25, 0.3) is 17.0 Å². The number of hydrogen-bond donors (Lipinski definition) is 6. The average Bonchev–Trinajstić information content (AvgIpc) is 1.78. The Bertz CT molecular complexity index is 5310. The van der Waals surface area contributed by atoms with Gasteiger partial charge in [0.1, 0.15) is 17.9 Å². The van der Waals surface area contributed by atoms with Crippen LogP contribution in [-0.2, 0) is 141 Å². The van der Waals surface area contributed by atoms with E-state index in [0.29, 0.717) is 34.8 Å². The number of benzene rings is 6. The number of furan rings is 1. The maximum atomic E-state index is 13.0. The molecule has 16 atom stereocenters. The van der Waals surface area contributed by atoms with E-state index in [2.05, 4.69) is 31.8 Å². The van der Waals surface area contributed by atoms with E-state index in [1.807, 2.05) is 87.4 Å². The molecule has 40 nitrogen and oxygen atoms in total. The first-order chi connectivity index (χ1) is 62.0. The highest BCUT2D eigenvalue weighted by atomic mass is 32.2. The van der Waals surface area contributed by atoms with Gasteiger partial charge in [-0.15, -0.1) is 0 Å². The van der Waals surface area contributed by atoms with Gasteiger partial charge in [-0.2, -0.15) is 0 Å². The summed E-state index contributed by atoms with van der Waals surface area (Å²) in [5.74, 6) is -8.74. The second-order valence-electron chi connectivity index (χ2n) is 30.3. The van der Waals surface area contributed by atoms with Crippen molar-refractivity contribution in [2.24, 2.45) is 5.92 Å². The molecule has 6 aromatic carbocycles. The minimum Gasteiger partial charge on any atom is -0.492 e. The van der Waals surface area contributed by atoms with E-state index >= 15 is 0 Å². The van der Waals surface area contributed by atoms with Crippen molar-refractivity contribution in [3.05, 3.63) is 197 Å². The van der Waals surface area contributed by atoms with Gasteiger partial charge in [0.05, 0.1) is 35.7 Å². The molecule has 0 unspecified atom stereocenters. The third-order valence-electron chi connectivity index (χ3n) is 19.0. The van der Waals surface area contributed by atoms with Crippen LogP contribution in [0.15, 0.2) is 173 Å². The Hall–Kier alpha value is -13.6. The van der Waals surface area contributed by atoms with Crippen LogP contribution in [0.2, 0.25) is 0 Å². The fourth-order valence-corrected chi connectivity index (χ4v) is 14.8. The number of nitrogens with one attached hydrogen (secondary N) is 6. The number of sulfonamides is 1. The van der Waals surface area contributed by atoms with Crippen molar-refractivity contribution in [3.8, 4) is 5.75 Å². The number of hydroxylamine groups is 3. The van der Waals surface area contributed by atoms with Crippen molar-refractivity contribution >= 4 is 122 Å². The summed E-state index contributed by atoms with van der Waals surface area (Å²) >= 11 is 0. The summed E-state index contributed by atoms with van der Waals surface area (Å²) in [4.78, 5) is 188. The summed E-state index contributed by atoms with van der Waals surface area (Å²) in [6.45, 7) is 19.7. The Balaban J connectivity index is 0.000000243. The second kappa shape index (κ2) is 48.7. The number of ether oxygens (including phenoxy) is 13. The number of anilines is 2. The number of esters is 9. The smallest absolute Gasteiger partial charge is 0.303 e. The van der Waals surface area contributed by atoms with Gasteiger partial charge in [-0.1, -0.05) is 92.7 Å². The standard InChI is InChI=1S/C33H39N3O12.C30H36N2O10.C27H30N2O11S/c1-18-27(44-19(2)37)29(45-20(3)38)30(46-21(4)39)33(43-18)48-35-31(40)22-11-13-23(14-12-22)42-16-15-34-32(41)28-25(17-36(5)6)24-9-7-8-10-26(24)47-28;1-16(2)24(21-10-8-7-9-11-21)29(37)31-23-14-12-22(13-15-23)28(36)32-42-30-27(41-20(6)35)26(40-19(5)34)25(17(3)38-30)39-18(4)33;1-16-24(37-17(2)30)25(38-18(3)31)26(39-19(4)32)27(36-16)40-28-23(33)14-13-20-9-8-12-22(15-20)41(34,35)29-21-10-6-5-7-11-21/h7-14,18,27,29-30,33H,15-17H2,1-6H3,(H,34,41)(H,35,40);7-17,24-27,30H,1-6H3,(H,31,37)(H,32,36);5-16,24-27,29H,1-4H3,(H,28,33)/b;;14-13+/t18-,27+,29+,30-,33-;17-,24-,25+,26+,27-,30-;16-,24+,25+,26-,27-/m000/s1. The maximum absolute atomic E-state index is 13.0. The van der Waals surface area contributed by atoms with Gasteiger partial charge in [-0.3, -0.25) is 71.8 Å². The first kappa shape index (κ1) is 103. The van der Waals surface area contributed by atoms with Crippen LogP contribution in [0.3, 0.4) is 0 Å². The first-order valence-electron chi connectivity index (χ1n) is 40.9. The SMILES string of the molecule is CC(=O)O[C@H]1[C@H](OC(C)=O)[C@H](ONC(=O)/C=C/c2cccc(S(=O)(=O)Nc3ccccc3)c2)O[C@@H](C)[C@H]1OC(C)=O.CC(=O)O[C@H]1[C@H](OC(C)=O)[C@H](ONC(=O)c2ccc(NC(=O)[C@H](c3ccccc3)C(C)C)cc2)O[C@@H](C)[C@H]1OC(C)=O.CC(=O)O[C@H]1[C@H](OC(C)=O)[C@H](ONC(=O)c2ccc(OCCNC(=O)c3oc4ccccc4c3CN(C)C)cc2)O[C@@H](C)[C@H]1OC(C)=O. The number of fused-ring (bicyclic) bond motifs is 1. The molecule has 3 saturated heterocycles. The molecule has 131 heavy (non-hydrogen) atoms. The highest BCUT2D eigenvalue weighted by Gasteiger charge is 2.55. The number of hydrogen-bond acceptors (Lipinski definition) is 34. The van der Waals surface area contributed by atoms with E-state index in [4.69, 9.17) is 80.5 Å². The fraction of sp³-hybridized carbons (Fsp3) is 0.400. The van der Waals surface area contributed by atoms with Gasteiger partial charge >= 0.3 is 53.7 Å². The van der Waals surface area contributed by atoms with Crippen molar-refractivity contribution in [2.75, 3.05) is 37.3 Å². The number of carbonyl (C=O) groups is 14. The molecule has 5 amide bonds. The zero-order chi connectivity index (χ0) is 96.1. The molecule has 41 heteroatoms. The Morgan fingerprint density at radius 3 is 1.28 bits per heavy atom. The summed E-state index contributed by atoms with van der Waals surface area (Å²) < 4.78 is 104. The van der Waals surface area contributed by atoms with Crippen molar-refractivity contribution in [2.45, 2.75) is 206 Å². The van der Waals surface area contributed by atoms with Crippen LogP contribution in [-0.4, -0.2) is 216 Å². The molecule has 3 fully saturated rings. The molecule has 7 aromatic rings. The average molecular weight is 1840 g/mol. The molecule has 0 radical (unpaired) electrons. The van der Waals surface area contributed by atoms with Crippen LogP contribution in [0.4, 0.5) is 11.4 Å². The third-order valence-corrected chi connectivity index (χ3v) is 20.4. The van der Waals surface area contributed by atoms with Gasteiger partial charge in [0.25, 0.3) is 33.7 Å². The highest BCUT2D eigenvalue weighted by Crippen LogP contribution is 2.35. The number of carbonyl (C=O) groups excluding carboxylic acids is 14. The lowest BCUT2D eigenvalue weighted by molar-refractivity contribution is -0.311. The Kier molecular flexibility index (Phi) is 38.3. The van der Waals surface area contributed by atoms with Crippen LogP contribution < -0.4 is 36.5 Å². The van der Waals surface area contributed by atoms with Gasteiger partial charge in [0, 0.05) is 108 Å². The minimum atomic E-state index is -3.88. The van der Waals surface area contributed by atoms with E-state index < -0.39 is 174 Å². The van der Waals surface area contributed by atoms with Gasteiger partial charge in [0.15, 0.2) is 60.7 Å². The molecule has 0 spiro atoms. The molecule has 3 aliphatic heterocycles. The van der Waals surface area contributed by atoms with Crippen LogP contribution in [0.1, 0.15) is 151 Å². The lowest BCUT2D eigenvalue weighted by Crippen LogP contribution is -2.62. The Morgan fingerprint density at radius 2 is 0.847 bits per heavy atom. The van der Waals surface area contributed by atoms with Gasteiger partial charge in [-0.25, -0.2) is 39.4 Å². The fourth-order valence-electron chi connectivity index (χ4n) is 13.7. The summed E-state index contributed by atoms with van der Waals surface area (Å²) in [5, 5.41) is 6.58. The minimum absolute atomic E-state index is 0.0205. The van der Waals surface area contributed by atoms with E-state index in [0.717, 1.165) is 71.1 Å². The molecular weight excluding hydrogens is 1740 g/mol.